The highest BCUT2D eigenvalue weighted by Crippen LogP contribution is 2.28. The molecule has 0 saturated carbocycles. The molecule has 1 aromatic rings. The summed E-state index contributed by atoms with van der Waals surface area (Å²) < 4.78 is 18.2. The maximum atomic E-state index is 13.4. The van der Waals surface area contributed by atoms with Gasteiger partial charge in [0.25, 0.3) is 0 Å². The number of hydrogen-bond donors (Lipinski definition) is 2. The molecular formula is C12H16Cl3FN2O2. The van der Waals surface area contributed by atoms with E-state index >= 15 is 0 Å². The van der Waals surface area contributed by atoms with E-state index in [-0.39, 0.29) is 29.1 Å². The first kappa shape index (κ1) is 19.4. The first-order valence-electron chi connectivity index (χ1n) is 5.56. The molecule has 1 aromatic carbocycles. The number of hydrogen-bond acceptors (Lipinski definition) is 3. The van der Waals surface area contributed by atoms with Gasteiger partial charge in [-0.15, -0.1) is 12.4 Å². The molecule has 1 amide bonds. The second-order valence-electron chi connectivity index (χ2n) is 4.08. The smallest absolute Gasteiger partial charge is 0.239 e. The first-order valence-corrected chi connectivity index (χ1v) is 6.31. The van der Waals surface area contributed by atoms with Gasteiger partial charge in [0.05, 0.1) is 17.7 Å². The van der Waals surface area contributed by atoms with Crippen LogP contribution in [-0.4, -0.2) is 25.7 Å². The Balaban J connectivity index is 0.00000361. The third kappa shape index (κ3) is 5.07. The number of nitrogens with one attached hydrogen (secondary N) is 1. The van der Waals surface area contributed by atoms with Gasteiger partial charge < -0.3 is 15.8 Å². The monoisotopic (exact) mass is 344 g/mol. The lowest BCUT2D eigenvalue weighted by Gasteiger charge is -2.18. The second kappa shape index (κ2) is 8.64. The summed E-state index contributed by atoms with van der Waals surface area (Å²) in [6.45, 7) is 1.77. The lowest BCUT2D eigenvalue weighted by atomic mass is 10.1. The molecule has 0 heterocycles. The Bertz CT molecular complexity index is 474. The van der Waals surface area contributed by atoms with Crippen LogP contribution in [0.1, 0.15) is 18.5 Å². The number of methoxy groups -OCH3 is 1. The highest BCUT2D eigenvalue weighted by Gasteiger charge is 2.19. The van der Waals surface area contributed by atoms with Crippen molar-refractivity contribution in [2.75, 3.05) is 13.7 Å². The Morgan fingerprint density at radius 2 is 2.05 bits per heavy atom. The normalized spacial score (nSPS) is 13.3. The van der Waals surface area contributed by atoms with Gasteiger partial charge in [0.15, 0.2) is 0 Å². The van der Waals surface area contributed by atoms with Gasteiger partial charge in [-0.25, -0.2) is 4.39 Å². The van der Waals surface area contributed by atoms with E-state index in [1.165, 1.54) is 19.2 Å². The van der Waals surface area contributed by atoms with Crippen molar-refractivity contribution in [2.45, 2.75) is 19.0 Å². The van der Waals surface area contributed by atoms with E-state index in [2.05, 4.69) is 5.32 Å². The average molecular weight is 346 g/mol. The van der Waals surface area contributed by atoms with Crippen molar-refractivity contribution in [3.63, 3.8) is 0 Å². The number of rotatable bonds is 5. The molecule has 4 nitrogen and oxygen atoms in total. The van der Waals surface area contributed by atoms with Crippen molar-refractivity contribution in [2.24, 2.45) is 5.73 Å². The molecule has 0 aliphatic carbocycles. The van der Waals surface area contributed by atoms with Crippen molar-refractivity contribution in [3.8, 4) is 0 Å². The predicted octanol–water partition coefficient (Wildman–Crippen LogP) is 2.71. The number of carbonyl (C=O) groups is 1. The second-order valence-corrected chi connectivity index (χ2v) is 4.89. The van der Waals surface area contributed by atoms with Gasteiger partial charge in [0.1, 0.15) is 11.9 Å². The predicted molar refractivity (Wildman–Crippen MR) is 80.1 cm³/mol. The van der Waals surface area contributed by atoms with Crippen LogP contribution in [0.5, 0.6) is 0 Å². The van der Waals surface area contributed by atoms with Crippen LogP contribution in [0.4, 0.5) is 4.39 Å². The summed E-state index contributed by atoms with van der Waals surface area (Å²) in [5, 5.41) is 2.84. The highest BCUT2D eigenvalue weighted by molar-refractivity contribution is 6.35. The zero-order valence-corrected chi connectivity index (χ0v) is 13.3. The fourth-order valence-electron chi connectivity index (χ4n) is 1.52. The number of nitrogens with two attached hydrogens (primary N) is 1. The van der Waals surface area contributed by atoms with Crippen LogP contribution in [0.3, 0.4) is 0 Å². The minimum Gasteiger partial charge on any atom is -0.383 e. The molecule has 0 saturated heterocycles. The van der Waals surface area contributed by atoms with E-state index in [4.69, 9.17) is 33.7 Å². The van der Waals surface area contributed by atoms with E-state index in [0.29, 0.717) is 5.56 Å². The van der Waals surface area contributed by atoms with Crippen molar-refractivity contribution in [3.05, 3.63) is 33.6 Å². The van der Waals surface area contributed by atoms with E-state index < -0.39 is 23.8 Å². The standard InChI is InChI=1S/C12H15Cl2FN2O2.ClH/c1-6(17-12(18)11(16)5-19-2)7-3-10(15)9(14)4-8(7)13;/h3-4,6,11H,5,16H2,1-2H3,(H,17,18);1H. The van der Waals surface area contributed by atoms with Gasteiger partial charge in [0.2, 0.25) is 5.91 Å². The number of ether oxygens (including phenoxy) is 1. The summed E-state index contributed by atoms with van der Waals surface area (Å²) in [5.74, 6) is -0.996. The summed E-state index contributed by atoms with van der Waals surface area (Å²) in [4.78, 5) is 11.7. The molecule has 8 heteroatoms. The highest BCUT2D eigenvalue weighted by atomic mass is 35.5. The average Bonchev–Trinajstić information content (AvgIpc) is 2.33. The number of amides is 1. The molecule has 0 bridgehead atoms. The van der Waals surface area contributed by atoms with Crippen LogP contribution in [0.15, 0.2) is 12.1 Å². The maximum Gasteiger partial charge on any atom is 0.239 e. The van der Waals surface area contributed by atoms with Crippen molar-refractivity contribution < 1.29 is 13.9 Å². The van der Waals surface area contributed by atoms with Crippen molar-refractivity contribution in [1.82, 2.24) is 5.32 Å². The van der Waals surface area contributed by atoms with Gasteiger partial charge in [-0.2, -0.15) is 0 Å². The molecule has 0 radical (unpaired) electrons. The zero-order chi connectivity index (χ0) is 14.6. The Morgan fingerprint density at radius 3 is 2.60 bits per heavy atom. The topological polar surface area (TPSA) is 64.3 Å². The summed E-state index contributed by atoms with van der Waals surface area (Å²) in [6, 6.07) is 1.21. The van der Waals surface area contributed by atoms with Crippen LogP contribution >= 0.6 is 35.6 Å². The Kier molecular flexibility index (Phi) is 8.39. The van der Waals surface area contributed by atoms with Crippen LogP contribution in [0.25, 0.3) is 0 Å². The molecule has 0 aromatic heterocycles. The number of carbonyl (C=O) groups excluding carboxylic acids is 1. The zero-order valence-electron chi connectivity index (χ0n) is 11.0. The molecule has 114 valence electrons. The Hall–Kier alpha value is -0.590. The summed E-state index contributed by atoms with van der Waals surface area (Å²) >= 11 is 11.6. The molecule has 2 atom stereocenters. The largest absolute Gasteiger partial charge is 0.383 e. The van der Waals surface area contributed by atoms with Gasteiger partial charge in [-0.1, -0.05) is 23.2 Å². The first-order chi connectivity index (χ1) is 8.86. The third-order valence-electron chi connectivity index (χ3n) is 2.55. The SMILES string of the molecule is COCC(N)C(=O)NC(C)c1cc(F)c(Cl)cc1Cl.Cl. The van der Waals surface area contributed by atoms with E-state index in [1.54, 1.807) is 6.92 Å². The molecule has 20 heavy (non-hydrogen) atoms. The fraction of sp³-hybridized carbons (Fsp3) is 0.417. The summed E-state index contributed by atoms with van der Waals surface area (Å²) in [6.07, 6.45) is 0. The molecule has 0 fully saturated rings. The molecule has 0 spiro atoms. The summed E-state index contributed by atoms with van der Waals surface area (Å²) in [7, 11) is 1.45. The van der Waals surface area contributed by atoms with E-state index in [0.717, 1.165) is 0 Å². The lowest BCUT2D eigenvalue weighted by molar-refractivity contribution is -0.124. The Morgan fingerprint density at radius 1 is 1.45 bits per heavy atom. The van der Waals surface area contributed by atoms with Gasteiger partial charge in [-0.05, 0) is 24.6 Å². The van der Waals surface area contributed by atoms with Gasteiger partial charge in [-0.3, -0.25) is 4.79 Å². The fourth-order valence-corrected chi connectivity index (χ4v) is 2.07. The number of halogens is 4. The van der Waals surface area contributed by atoms with Crippen molar-refractivity contribution in [1.29, 1.82) is 0 Å². The quantitative estimate of drug-likeness (QED) is 0.807. The Labute approximate surface area is 133 Å². The van der Waals surface area contributed by atoms with Crippen molar-refractivity contribution >= 4 is 41.5 Å². The van der Waals surface area contributed by atoms with Gasteiger partial charge >= 0.3 is 0 Å². The van der Waals surface area contributed by atoms with Crippen LogP contribution in [0, 0.1) is 5.82 Å². The van der Waals surface area contributed by atoms with E-state index in [9.17, 15) is 9.18 Å². The van der Waals surface area contributed by atoms with Gasteiger partial charge in [0, 0.05) is 12.1 Å². The number of benzene rings is 1. The lowest BCUT2D eigenvalue weighted by Crippen LogP contribution is -2.44. The van der Waals surface area contributed by atoms with E-state index in [1.807, 2.05) is 0 Å². The maximum absolute atomic E-state index is 13.4. The third-order valence-corrected chi connectivity index (χ3v) is 3.16. The van der Waals surface area contributed by atoms with Crippen LogP contribution < -0.4 is 11.1 Å². The minimum atomic E-state index is -0.789. The van der Waals surface area contributed by atoms with Crippen LogP contribution in [-0.2, 0) is 9.53 Å². The molecule has 1 rings (SSSR count). The van der Waals surface area contributed by atoms with Crippen LogP contribution in [0.2, 0.25) is 10.0 Å². The molecule has 0 aliphatic heterocycles. The molecule has 3 N–H and O–H groups in total. The summed E-state index contributed by atoms with van der Waals surface area (Å²) in [5.41, 5.74) is 6.01. The minimum absolute atomic E-state index is 0. The molecule has 0 aliphatic rings. The molecule has 2 unspecified atom stereocenters. The molecular weight excluding hydrogens is 330 g/mol.